The smallest absolute Gasteiger partial charge is 0.223 e. The number of hydrogen-bond donors (Lipinski definition) is 0. The number of nitrogens with zero attached hydrogens (tertiary/aromatic N) is 2. The molecule has 0 unspecified atom stereocenters. The number of hydrogen-bond acceptors (Lipinski definition) is 2. The molecule has 1 aliphatic rings. The van der Waals surface area contributed by atoms with Crippen molar-refractivity contribution in [1.82, 2.24) is 4.98 Å². The molecule has 0 spiro atoms. The van der Waals surface area contributed by atoms with Gasteiger partial charge in [0.15, 0.2) is 0 Å². The van der Waals surface area contributed by atoms with Crippen molar-refractivity contribution in [3.05, 3.63) is 47.8 Å². The van der Waals surface area contributed by atoms with E-state index in [1.54, 1.807) is 6.07 Å². The van der Waals surface area contributed by atoms with Crippen LogP contribution in [-0.4, -0.2) is 17.4 Å². The lowest BCUT2D eigenvalue weighted by Gasteiger charge is -2.16. The summed E-state index contributed by atoms with van der Waals surface area (Å²) in [6, 6.07) is 4.42. The molecule has 0 bridgehead atoms. The Labute approximate surface area is 114 Å². The van der Waals surface area contributed by atoms with Crippen LogP contribution in [0, 0.1) is 11.6 Å². The molecule has 1 aliphatic heterocycles. The van der Waals surface area contributed by atoms with Crippen molar-refractivity contribution in [3.63, 3.8) is 0 Å². The molecular formula is C15H12F2N2O. The van der Waals surface area contributed by atoms with Gasteiger partial charge >= 0.3 is 0 Å². The lowest BCUT2D eigenvalue weighted by Crippen LogP contribution is -2.26. The maximum absolute atomic E-state index is 14.2. The summed E-state index contributed by atoms with van der Waals surface area (Å²) in [5.74, 6) is -1.11. The maximum Gasteiger partial charge on any atom is 0.223 e. The molecule has 1 aromatic heterocycles. The number of fused-ring (bicyclic) bond motifs is 1. The molecule has 0 fully saturated rings. The van der Waals surface area contributed by atoms with E-state index in [0.717, 1.165) is 11.8 Å². The zero-order valence-corrected chi connectivity index (χ0v) is 10.9. The number of benzene rings is 1. The van der Waals surface area contributed by atoms with Gasteiger partial charge in [0.05, 0.1) is 11.9 Å². The summed E-state index contributed by atoms with van der Waals surface area (Å²) in [5, 5.41) is 0. The Kier molecular flexibility index (Phi) is 2.97. The predicted octanol–water partition coefficient (Wildman–Crippen LogP) is 2.94. The predicted molar refractivity (Wildman–Crippen MR) is 71.3 cm³/mol. The van der Waals surface area contributed by atoms with E-state index in [0.29, 0.717) is 29.8 Å². The van der Waals surface area contributed by atoms with Crippen LogP contribution in [0.3, 0.4) is 0 Å². The molecule has 0 aliphatic carbocycles. The molecule has 3 rings (SSSR count). The Balaban J connectivity index is 2.10. The van der Waals surface area contributed by atoms with E-state index in [4.69, 9.17) is 0 Å². The van der Waals surface area contributed by atoms with Crippen LogP contribution in [0.1, 0.15) is 12.5 Å². The summed E-state index contributed by atoms with van der Waals surface area (Å²) < 4.78 is 27.4. The second-order valence-corrected chi connectivity index (χ2v) is 4.78. The third-order valence-corrected chi connectivity index (χ3v) is 3.44. The molecule has 3 nitrogen and oxygen atoms in total. The Morgan fingerprint density at radius 1 is 1.20 bits per heavy atom. The molecule has 1 amide bonds. The van der Waals surface area contributed by atoms with Gasteiger partial charge in [-0.1, -0.05) is 0 Å². The van der Waals surface area contributed by atoms with Gasteiger partial charge in [-0.3, -0.25) is 9.78 Å². The van der Waals surface area contributed by atoms with Crippen LogP contribution in [-0.2, 0) is 11.2 Å². The van der Waals surface area contributed by atoms with Crippen LogP contribution < -0.4 is 4.90 Å². The number of aromatic nitrogens is 1. The Bertz CT molecular complexity index is 700. The largest absolute Gasteiger partial charge is 0.309 e. The lowest BCUT2D eigenvalue weighted by atomic mass is 10.0. The molecule has 0 atom stereocenters. The van der Waals surface area contributed by atoms with Crippen molar-refractivity contribution < 1.29 is 13.6 Å². The zero-order chi connectivity index (χ0) is 14.3. The monoisotopic (exact) mass is 274 g/mol. The van der Waals surface area contributed by atoms with Crippen molar-refractivity contribution in [2.24, 2.45) is 0 Å². The third kappa shape index (κ3) is 2.05. The molecule has 102 valence electrons. The Hall–Kier alpha value is -2.30. The van der Waals surface area contributed by atoms with Gasteiger partial charge in [-0.15, -0.1) is 0 Å². The van der Waals surface area contributed by atoms with Gasteiger partial charge in [-0.05, 0) is 35.7 Å². The van der Waals surface area contributed by atoms with Crippen LogP contribution in [0.25, 0.3) is 11.1 Å². The summed E-state index contributed by atoms with van der Waals surface area (Å²) in [6.45, 7) is 1.89. The highest BCUT2D eigenvalue weighted by atomic mass is 19.1. The van der Waals surface area contributed by atoms with Crippen LogP contribution in [0.5, 0.6) is 0 Å². The van der Waals surface area contributed by atoms with E-state index >= 15 is 0 Å². The van der Waals surface area contributed by atoms with Crippen LogP contribution >= 0.6 is 0 Å². The van der Waals surface area contributed by atoms with Gasteiger partial charge < -0.3 is 4.90 Å². The second kappa shape index (κ2) is 4.67. The fourth-order valence-corrected chi connectivity index (χ4v) is 2.54. The zero-order valence-electron chi connectivity index (χ0n) is 10.9. The minimum Gasteiger partial charge on any atom is -0.309 e. The third-order valence-electron chi connectivity index (χ3n) is 3.44. The molecule has 2 heterocycles. The molecule has 0 radical (unpaired) electrons. The summed E-state index contributed by atoms with van der Waals surface area (Å²) in [6.07, 6.45) is 3.19. The molecule has 5 heteroatoms. The molecule has 0 N–H and O–H groups in total. The first-order valence-corrected chi connectivity index (χ1v) is 6.27. The van der Waals surface area contributed by atoms with E-state index in [1.165, 1.54) is 30.2 Å². The number of halogens is 2. The van der Waals surface area contributed by atoms with Crippen molar-refractivity contribution in [1.29, 1.82) is 0 Å². The summed E-state index contributed by atoms with van der Waals surface area (Å²) >= 11 is 0. The Morgan fingerprint density at radius 2 is 2.00 bits per heavy atom. The van der Waals surface area contributed by atoms with Gasteiger partial charge in [0.1, 0.15) is 11.6 Å². The average Bonchev–Trinajstić information content (AvgIpc) is 2.83. The molecule has 1 aromatic carbocycles. The molecule has 20 heavy (non-hydrogen) atoms. The highest BCUT2D eigenvalue weighted by molar-refractivity contribution is 5.94. The summed E-state index contributed by atoms with van der Waals surface area (Å²) in [5.41, 5.74) is 2.19. The number of rotatable bonds is 1. The van der Waals surface area contributed by atoms with Crippen LogP contribution in [0.4, 0.5) is 14.5 Å². The fraction of sp³-hybridized carbons (Fsp3) is 0.200. The first kappa shape index (κ1) is 12.7. The van der Waals surface area contributed by atoms with Gasteiger partial charge in [0.2, 0.25) is 5.91 Å². The lowest BCUT2D eigenvalue weighted by molar-refractivity contribution is -0.116. The quantitative estimate of drug-likeness (QED) is 0.801. The summed E-state index contributed by atoms with van der Waals surface area (Å²) in [4.78, 5) is 16.7. The number of carbonyl (C=O) groups is 1. The van der Waals surface area contributed by atoms with Gasteiger partial charge in [-0.25, -0.2) is 8.78 Å². The highest BCUT2D eigenvalue weighted by Gasteiger charge is 2.26. The fourth-order valence-electron chi connectivity index (χ4n) is 2.54. The van der Waals surface area contributed by atoms with E-state index in [9.17, 15) is 13.6 Å². The molecule has 0 saturated carbocycles. The molecule has 2 aromatic rings. The van der Waals surface area contributed by atoms with E-state index in [2.05, 4.69) is 4.98 Å². The topological polar surface area (TPSA) is 33.2 Å². The number of carbonyl (C=O) groups excluding carboxylic acids is 1. The minimum absolute atomic E-state index is 0.178. The standard InChI is InChI=1S/C15H12F2N2O/c1-9(20)19-3-2-10-4-11(6-14(17)15(10)19)12-5-13(16)8-18-7-12/h4-8H,2-3H2,1H3. The van der Waals surface area contributed by atoms with Crippen molar-refractivity contribution in [2.75, 3.05) is 11.4 Å². The van der Waals surface area contributed by atoms with Gasteiger partial charge in [-0.2, -0.15) is 0 Å². The number of anilines is 1. The Morgan fingerprint density at radius 3 is 2.70 bits per heavy atom. The van der Waals surface area contributed by atoms with Crippen LogP contribution in [0.2, 0.25) is 0 Å². The first-order chi connectivity index (χ1) is 9.56. The van der Waals surface area contributed by atoms with Crippen molar-refractivity contribution in [2.45, 2.75) is 13.3 Å². The highest BCUT2D eigenvalue weighted by Crippen LogP contribution is 2.35. The van der Waals surface area contributed by atoms with E-state index in [-0.39, 0.29) is 5.91 Å². The molecule has 0 saturated heterocycles. The van der Waals surface area contributed by atoms with Gasteiger partial charge in [0, 0.05) is 25.2 Å². The molecular weight excluding hydrogens is 262 g/mol. The second-order valence-electron chi connectivity index (χ2n) is 4.78. The summed E-state index contributed by atoms with van der Waals surface area (Å²) in [7, 11) is 0. The minimum atomic E-state index is -0.464. The van der Waals surface area contributed by atoms with E-state index < -0.39 is 11.6 Å². The first-order valence-electron chi connectivity index (χ1n) is 6.27. The van der Waals surface area contributed by atoms with Crippen molar-refractivity contribution >= 4 is 11.6 Å². The average molecular weight is 274 g/mol. The van der Waals surface area contributed by atoms with E-state index in [1.807, 2.05) is 0 Å². The van der Waals surface area contributed by atoms with Crippen molar-refractivity contribution in [3.8, 4) is 11.1 Å². The van der Waals surface area contributed by atoms with Crippen LogP contribution in [0.15, 0.2) is 30.6 Å². The number of pyridine rings is 1. The number of amides is 1. The normalized spacial score (nSPS) is 13.4. The SMILES string of the molecule is CC(=O)N1CCc2cc(-c3cncc(F)c3)cc(F)c21. The maximum atomic E-state index is 14.2. The van der Waals surface area contributed by atoms with Gasteiger partial charge in [0.25, 0.3) is 0 Å².